The normalized spacial score (nSPS) is 18.9. The maximum absolute atomic E-state index is 4.32. The zero-order valence-electron chi connectivity index (χ0n) is 11.3. The number of nitrogens with one attached hydrogen (secondary N) is 2. The van der Waals surface area contributed by atoms with Gasteiger partial charge < -0.3 is 15.5 Å². The van der Waals surface area contributed by atoms with Gasteiger partial charge in [0.15, 0.2) is 0 Å². The Morgan fingerprint density at radius 1 is 1.39 bits per heavy atom. The summed E-state index contributed by atoms with van der Waals surface area (Å²) in [6, 6.07) is 2.61. The van der Waals surface area contributed by atoms with Crippen LogP contribution in [-0.2, 0) is 0 Å². The van der Waals surface area contributed by atoms with Crippen molar-refractivity contribution in [3.05, 3.63) is 12.4 Å². The highest BCUT2D eigenvalue weighted by Crippen LogP contribution is 2.14. The van der Waals surface area contributed by atoms with Crippen LogP contribution in [0.1, 0.15) is 26.7 Å². The van der Waals surface area contributed by atoms with Crippen molar-refractivity contribution in [2.24, 2.45) is 0 Å². The fourth-order valence-corrected chi connectivity index (χ4v) is 2.32. The Labute approximate surface area is 109 Å². The Kier molecular flexibility index (Phi) is 4.75. The number of rotatable bonds is 6. The molecule has 0 saturated carbocycles. The van der Waals surface area contributed by atoms with Gasteiger partial charge in [0.25, 0.3) is 0 Å². The molecule has 0 spiro atoms. The van der Waals surface area contributed by atoms with Crippen LogP contribution in [0.2, 0.25) is 0 Å². The summed E-state index contributed by atoms with van der Waals surface area (Å²) in [5.74, 6) is 1.91. The second-order valence-electron chi connectivity index (χ2n) is 4.61. The van der Waals surface area contributed by atoms with Crippen molar-refractivity contribution < 1.29 is 0 Å². The Morgan fingerprint density at radius 3 is 2.89 bits per heavy atom. The van der Waals surface area contributed by atoms with Gasteiger partial charge in [-0.1, -0.05) is 0 Å². The first-order chi connectivity index (χ1) is 8.83. The fraction of sp³-hybridized carbons (Fsp3) is 0.692. The van der Waals surface area contributed by atoms with Gasteiger partial charge in [-0.25, -0.2) is 9.97 Å². The molecule has 100 valence electrons. The maximum Gasteiger partial charge on any atom is 0.134 e. The molecule has 18 heavy (non-hydrogen) atoms. The molecule has 2 heterocycles. The van der Waals surface area contributed by atoms with Crippen LogP contribution < -0.4 is 15.5 Å². The van der Waals surface area contributed by atoms with Gasteiger partial charge in [-0.3, -0.25) is 0 Å². The molecule has 2 N–H and O–H groups in total. The van der Waals surface area contributed by atoms with Gasteiger partial charge in [-0.05, 0) is 33.2 Å². The van der Waals surface area contributed by atoms with Crippen molar-refractivity contribution in [2.75, 3.05) is 36.4 Å². The minimum atomic E-state index is 0.580. The number of anilines is 2. The highest BCUT2D eigenvalue weighted by atomic mass is 15.2. The standard InChI is InChI=1S/C13H23N5/c1-3-18(4-2)13-8-12(16-10-17-13)15-9-11-6-5-7-14-11/h8,10-11,14H,3-7,9H2,1-2H3,(H,15,16,17). The highest BCUT2D eigenvalue weighted by Gasteiger charge is 2.13. The second kappa shape index (κ2) is 6.54. The van der Waals surface area contributed by atoms with E-state index in [4.69, 9.17) is 0 Å². The predicted molar refractivity (Wildman–Crippen MR) is 75.1 cm³/mol. The first-order valence-corrected chi connectivity index (χ1v) is 6.87. The summed E-state index contributed by atoms with van der Waals surface area (Å²) < 4.78 is 0. The molecule has 5 nitrogen and oxygen atoms in total. The largest absolute Gasteiger partial charge is 0.368 e. The summed E-state index contributed by atoms with van der Waals surface area (Å²) in [4.78, 5) is 10.8. The van der Waals surface area contributed by atoms with Crippen molar-refractivity contribution >= 4 is 11.6 Å². The van der Waals surface area contributed by atoms with E-state index >= 15 is 0 Å². The van der Waals surface area contributed by atoms with Gasteiger partial charge in [0.1, 0.15) is 18.0 Å². The molecule has 1 aromatic rings. The van der Waals surface area contributed by atoms with Crippen LogP contribution in [-0.4, -0.2) is 42.2 Å². The number of aromatic nitrogens is 2. The quantitative estimate of drug-likeness (QED) is 0.800. The Balaban J connectivity index is 1.93. The van der Waals surface area contributed by atoms with Crippen LogP contribution in [0.3, 0.4) is 0 Å². The van der Waals surface area contributed by atoms with Crippen molar-refractivity contribution in [1.82, 2.24) is 15.3 Å². The maximum atomic E-state index is 4.32. The van der Waals surface area contributed by atoms with E-state index in [9.17, 15) is 0 Å². The molecule has 0 amide bonds. The topological polar surface area (TPSA) is 53.1 Å². The average molecular weight is 249 g/mol. The lowest BCUT2D eigenvalue weighted by molar-refractivity contribution is 0.632. The third-order valence-electron chi connectivity index (χ3n) is 3.43. The molecule has 1 aromatic heterocycles. The van der Waals surface area contributed by atoms with Gasteiger partial charge in [0, 0.05) is 31.7 Å². The zero-order chi connectivity index (χ0) is 12.8. The third kappa shape index (κ3) is 3.32. The SMILES string of the molecule is CCN(CC)c1cc(NCC2CCCN2)ncn1. The molecule has 1 atom stereocenters. The summed E-state index contributed by atoms with van der Waals surface area (Å²) in [6.45, 7) is 8.30. The molecule has 1 saturated heterocycles. The van der Waals surface area contributed by atoms with E-state index in [2.05, 4.69) is 39.3 Å². The van der Waals surface area contributed by atoms with Gasteiger partial charge in [-0.15, -0.1) is 0 Å². The summed E-state index contributed by atoms with van der Waals surface area (Å²) in [5, 5.41) is 6.86. The van der Waals surface area contributed by atoms with Crippen LogP contribution in [0.25, 0.3) is 0 Å². The molecular formula is C13H23N5. The minimum Gasteiger partial charge on any atom is -0.368 e. The highest BCUT2D eigenvalue weighted by molar-refractivity contribution is 5.48. The molecule has 1 fully saturated rings. The van der Waals surface area contributed by atoms with Gasteiger partial charge in [0.2, 0.25) is 0 Å². The van der Waals surface area contributed by atoms with Crippen molar-refractivity contribution in [2.45, 2.75) is 32.7 Å². The third-order valence-corrected chi connectivity index (χ3v) is 3.43. The Hall–Kier alpha value is -1.36. The molecule has 2 rings (SSSR count). The number of hydrogen-bond donors (Lipinski definition) is 2. The lowest BCUT2D eigenvalue weighted by atomic mass is 10.2. The lowest BCUT2D eigenvalue weighted by Crippen LogP contribution is -2.29. The smallest absolute Gasteiger partial charge is 0.134 e. The number of nitrogens with zero attached hydrogens (tertiary/aromatic N) is 3. The van der Waals surface area contributed by atoms with Crippen molar-refractivity contribution in [3.8, 4) is 0 Å². The van der Waals surface area contributed by atoms with Gasteiger partial charge >= 0.3 is 0 Å². The van der Waals surface area contributed by atoms with E-state index in [1.807, 2.05) is 6.07 Å². The monoisotopic (exact) mass is 249 g/mol. The molecule has 1 aliphatic rings. The minimum absolute atomic E-state index is 0.580. The van der Waals surface area contributed by atoms with Crippen LogP contribution in [0, 0.1) is 0 Å². The molecule has 0 aromatic carbocycles. The summed E-state index contributed by atoms with van der Waals surface area (Å²) in [6.07, 6.45) is 4.17. The second-order valence-corrected chi connectivity index (χ2v) is 4.61. The van der Waals surface area contributed by atoms with E-state index in [-0.39, 0.29) is 0 Å². The summed E-state index contributed by atoms with van der Waals surface area (Å²) in [7, 11) is 0. The first kappa shape index (κ1) is 13.1. The van der Waals surface area contributed by atoms with E-state index in [1.54, 1.807) is 6.33 Å². The molecule has 1 unspecified atom stereocenters. The predicted octanol–water partition coefficient (Wildman–Crippen LogP) is 1.49. The summed E-state index contributed by atoms with van der Waals surface area (Å²) in [5.41, 5.74) is 0. The molecule has 0 aliphatic carbocycles. The summed E-state index contributed by atoms with van der Waals surface area (Å²) >= 11 is 0. The molecule has 0 bridgehead atoms. The first-order valence-electron chi connectivity index (χ1n) is 6.87. The molecule has 0 radical (unpaired) electrons. The molecular weight excluding hydrogens is 226 g/mol. The van der Waals surface area contributed by atoms with Crippen molar-refractivity contribution in [1.29, 1.82) is 0 Å². The van der Waals surface area contributed by atoms with E-state index in [0.717, 1.165) is 37.8 Å². The average Bonchev–Trinajstić information content (AvgIpc) is 2.92. The van der Waals surface area contributed by atoms with Crippen molar-refractivity contribution in [3.63, 3.8) is 0 Å². The Bertz CT molecular complexity index is 358. The zero-order valence-corrected chi connectivity index (χ0v) is 11.3. The number of hydrogen-bond acceptors (Lipinski definition) is 5. The van der Waals surface area contributed by atoms with Gasteiger partial charge in [0.05, 0.1) is 0 Å². The van der Waals surface area contributed by atoms with E-state index in [0.29, 0.717) is 6.04 Å². The van der Waals surface area contributed by atoms with E-state index < -0.39 is 0 Å². The van der Waals surface area contributed by atoms with Crippen LogP contribution in [0.15, 0.2) is 12.4 Å². The molecule has 5 heteroatoms. The van der Waals surface area contributed by atoms with Crippen LogP contribution in [0.5, 0.6) is 0 Å². The van der Waals surface area contributed by atoms with E-state index in [1.165, 1.54) is 12.8 Å². The lowest BCUT2D eigenvalue weighted by Gasteiger charge is -2.20. The van der Waals surface area contributed by atoms with Gasteiger partial charge in [-0.2, -0.15) is 0 Å². The van der Waals surface area contributed by atoms with Crippen LogP contribution >= 0.6 is 0 Å². The molecule has 1 aliphatic heterocycles. The van der Waals surface area contributed by atoms with Crippen LogP contribution in [0.4, 0.5) is 11.6 Å². The fourth-order valence-electron chi connectivity index (χ4n) is 2.32. The Morgan fingerprint density at radius 2 is 2.22 bits per heavy atom.